The van der Waals surface area contributed by atoms with Crippen LogP contribution in [0.15, 0.2) is 18.2 Å². The van der Waals surface area contributed by atoms with Crippen molar-refractivity contribution in [1.29, 1.82) is 0 Å². The lowest BCUT2D eigenvalue weighted by atomic mass is 9.92. The van der Waals surface area contributed by atoms with E-state index in [0.717, 1.165) is 19.4 Å². The maximum absolute atomic E-state index is 12.3. The molecule has 0 radical (unpaired) electrons. The summed E-state index contributed by atoms with van der Waals surface area (Å²) < 4.78 is 0. The molecule has 1 aliphatic rings. The summed E-state index contributed by atoms with van der Waals surface area (Å²) in [5.74, 6) is -0.0582. The fourth-order valence-electron chi connectivity index (χ4n) is 2.53. The third-order valence-electron chi connectivity index (χ3n) is 3.76. The van der Waals surface area contributed by atoms with Crippen LogP contribution in [0.5, 0.6) is 0 Å². The van der Waals surface area contributed by atoms with E-state index in [0.29, 0.717) is 22.2 Å². The summed E-state index contributed by atoms with van der Waals surface area (Å²) in [6, 6.07) is 4.70. The summed E-state index contributed by atoms with van der Waals surface area (Å²) in [4.78, 5) is 24.0. The van der Waals surface area contributed by atoms with Gasteiger partial charge in [0.2, 0.25) is 5.91 Å². The van der Waals surface area contributed by atoms with Crippen LogP contribution in [0.2, 0.25) is 5.02 Å². The maximum Gasteiger partial charge on any atom is 0.252 e. The molecule has 0 saturated carbocycles. The Morgan fingerprint density at radius 2 is 2.14 bits per heavy atom. The quantitative estimate of drug-likeness (QED) is 0.800. The number of halogens is 1. The van der Waals surface area contributed by atoms with E-state index >= 15 is 0 Å². The minimum atomic E-state index is -0.278. The third kappa shape index (κ3) is 3.74. The van der Waals surface area contributed by atoms with Crippen LogP contribution in [0, 0.1) is 5.92 Å². The van der Waals surface area contributed by atoms with Crippen molar-refractivity contribution in [2.75, 3.05) is 18.9 Å². The number of carbonyl (C=O) groups is 2. The monoisotopic (exact) mass is 309 g/mol. The Balaban J connectivity index is 2.12. The molecule has 2 amide bonds. The first-order chi connectivity index (χ1) is 10.0. The van der Waals surface area contributed by atoms with Crippen LogP contribution in [-0.2, 0) is 4.79 Å². The van der Waals surface area contributed by atoms with Gasteiger partial charge in [0.25, 0.3) is 5.91 Å². The SMILES string of the molecule is CNC(=O)c1cc(NC(=O)C2NCCCC2C)ccc1Cl. The summed E-state index contributed by atoms with van der Waals surface area (Å²) in [7, 11) is 1.54. The van der Waals surface area contributed by atoms with Crippen LogP contribution in [0.4, 0.5) is 5.69 Å². The molecule has 0 bridgehead atoms. The Morgan fingerprint density at radius 1 is 1.38 bits per heavy atom. The van der Waals surface area contributed by atoms with E-state index in [9.17, 15) is 9.59 Å². The highest BCUT2D eigenvalue weighted by molar-refractivity contribution is 6.34. The fraction of sp³-hybridized carbons (Fsp3) is 0.467. The van der Waals surface area contributed by atoms with Crippen molar-refractivity contribution in [2.45, 2.75) is 25.8 Å². The van der Waals surface area contributed by atoms with Crippen molar-refractivity contribution < 1.29 is 9.59 Å². The average Bonchev–Trinajstić information content (AvgIpc) is 2.48. The van der Waals surface area contributed by atoms with E-state index in [1.807, 2.05) is 0 Å². The summed E-state index contributed by atoms with van der Waals surface area (Å²) in [5, 5.41) is 8.96. The average molecular weight is 310 g/mol. The van der Waals surface area contributed by atoms with Crippen LogP contribution in [0.25, 0.3) is 0 Å². The number of benzene rings is 1. The molecule has 3 N–H and O–H groups in total. The number of anilines is 1. The van der Waals surface area contributed by atoms with Crippen LogP contribution >= 0.6 is 11.6 Å². The molecule has 1 aromatic rings. The van der Waals surface area contributed by atoms with E-state index in [1.165, 1.54) is 7.05 Å². The van der Waals surface area contributed by atoms with Gasteiger partial charge >= 0.3 is 0 Å². The van der Waals surface area contributed by atoms with Gasteiger partial charge in [-0.2, -0.15) is 0 Å². The largest absolute Gasteiger partial charge is 0.355 e. The topological polar surface area (TPSA) is 70.2 Å². The zero-order chi connectivity index (χ0) is 15.4. The highest BCUT2D eigenvalue weighted by atomic mass is 35.5. The van der Waals surface area contributed by atoms with Crippen molar-refractivity contribution in [2.24, 2.45) is 5.92 Å². The summed E-state index contributed by atoms with van der Waals surface area (Å²) in [5.41, 5.74) is 0.921. The first-order valence-electron chi connectivity index (χ1n) is 7.09. The van der Waals surface area contributed by atoms with Gasteiger partial charge in [0.15, 0.2) is 0 Å². The molecular formula is C15H20ClN3O2. The molecule has 0 aliphatic carbocycles. The van der Waals surface area contributed by atoms with E-state index in [-0.39, 0.29) is 17.9 Å². The molecule has 6 heteroatoms. The van der Waals surface area contributed by atoms with Gasteiger partial charge in [-0.05, 0) is 43.5 Å². The molecule has 1 heterocycles. The van der Waals surface area contributed by atoms with E-state index in [1.54, 1.807) is 18.2 Å². The molecule has 2 unspecified atom stereocenters. The molecule has 21 heavy (non-hydrogen) atoms. The van der Waals surface area contributed by atoms with Crippen LogP contribution in [0.3, 0.4) is 0 Å². The highest BCUT2D eigenvalue weighted by Gasteiger charge is 2.27. The molecule has 1 fully saturated rings. The molecule has 1 aromatic carbocycles. The molecule has 2 rings (SSSR count). The van der Waals surface area contributed by atoms with Gasteiger partial charge in [0.1, 0.15) is 0 Å². The predicted octanol–water partition coefficient (Wildman–Crippen LogP) is 2.03. The number of carbonyl (C=O) groups excluding carboxylic acids is 2. The van der Waals surface area contributed by atoms with Gasteiger partial charge in [-0.1, -0.05) is 18.5 Å². The van der Waals surface area contributed by atoms with Crippen molar-refractivity contribution in [1.82, 2.24) is 10.6 Å². The fourth-order valence-corrected chi connectivity index (χ4v) is 2.74. The Morgan fingerprint density at radius 3 is 2.81 bits per heavy atom. The number of hydrogen-bond acceptors (Lipinski definition) is 3. The lowest BCUT2D eigenvalue weighted by molar-refractivity contribution is -0.119. The van der Waals surface area contributed by atoms with Gasteiger partial charge in [0.05, 0.1) is 16.6 Å². The Kier molecular flexibility index (Phi) is 5.20. The minimum absolute atomic E-state index is 0.0765. The summed E-state index contributed by atoms with van der Waals surface area (Å²) in [6.07, 6.45) is 2.13. The molecular weight excluding hydrogens is 290 g/mol. The number of nitrogens with one attached hydrogen (secondary N) is 3. The van der Waals surface area contributed by atoms with Crippen LogP contribution in [-0.4, -0.2) is 31.4 Å². The van der Waals surface area contributed by atoms with E-state index in [4.69, 9.17) is 11.6 Å². The first kappa shape index (κ1) is 15.8. The van der Waals surface area contributed by atoms with Crippen molar-refractivity contribution in [3.63, 3.8) is 0 Å². The van der Waals surface area contributed by atoms with E-state index in [2.05, 4.69) is 22.9 Å². The number of rotatable bonds is 3. The van der Waals surface area contributed by atoms with Gasteiger partial charge < -0.3 is 16.0 Å². The number of amides is 2. The standard InChI is InChI=1S/C15H20ClN3O2/c1-9-4-3-7-18-13(9)15(21)19-10-5-6-12(16)11(8-10)14(20)17-2/h5-6,8-9,13,18H,3-4,7H2,1-2H3,(H,17,20)(H,19,21). The molecule has 114 valence electrons. The normalized spacial score (nSPS) is 21.7. The second-order valence-corrected chi connectivity index (χ2v) is 5.72. The lowest BCUT2D eigenvalue weighted by Crippen LogP contribution is -2.48. The van der Waals surface area contributed by atoms with Gasteiger partial charge in [-0.3, -0.25) is 9.59 Å². The lowest BCUT2D eigenvalue weighted by Gasteiger charge is -2.29. The zero-order valence-corrected chi connectivity index (χ0v) is 13.0. The van der Waals surface area contributed by atoms with Gasteiger partial charge in [-0.15, -0.1) is 0 Å². The minimum Gasteiger partial charge on any atom is -0.355 e. The zero-order valence-electron chi connectivity index (χ0n) is 12.2. The molecule has 1 saturated heterocycles. The van der Waals surface area contributed by atoms with Crippen LogP contribution < -0.4 is 16.0 Å². The Hall–Kier alpha value is -1.59. The second kappa shape index (κ2) is 6.91. The van der Waals surface area contributed by atoms with Crippen molar-refractivity contribution >= 4 is 29.1 Å². The highest BCUT2D eigenvalue weighted by Crippen LogP contribution is 2.22. The summed E-state index contributed by atoms with van der Waals surface area (Å²) in [6.45, 7) is 2.92. The second-order valence-electron chi connectivity index (χ2n) is 5.31. The maximum atomic E-state index is 12.3. The molecule has 2 atom stereocenters. The van der Waals surface area contributed by atoms with Crippen LogP contribution in [0.1, 0.15) is 30.1 Å². The summed E-state index contributed by atoms with van der Waals surface area (Å²) >= 11 is 5.99. The Labute approximate surface area is 129 Å². The van der Waals surface area contributed by atoms with E-state index < -0.39 is 0 Å². The number of piperidine rings is 1. The van der Waals surface area contributed by atoms with Crippen molar-refractivity contribution in [3.8, 4) is 0 Å². The molecule has 0 spiro atoms. The van der Waals surface area contributed by atoms with Crippen molar-refractivity contribution in [3.05, 3.63) is 28.8 Å². The molecule has 5 nitrogen and oxygen atoms in total. The van der Waals surface area contributed by atoms with Gasteiger partial charge in [0, 0.05) is 12.7 Å². The molecule has 0 aromatic heterocycles. The first-order valence-corrected chi connectivity index (χ1v) is 7.46. The predicted molar refractivity (Wildman–Crippen MR) is 83.7 cm³/mol. The molecule has 1 aliphatic heterocycles. The number of hydrogen-bond donors (Lipinski definition) is 3. The van der Waals surface area contributed by atoms with Gasteiger partial charge in [-0.25, -0.2) is 0 Å². The third-order valence-corrected chi connectivity index (χ3v) is 4.09. The smallest absolute Gasteiger partial charge is 0.252 e. The Bertz CT molecular complexity index is 548.